The van der Waals surface area contributed by atoms with Gasteiger partial charge in [0.05, 0.1) is 5.69 Å². The Morgan fingerprint density at radius 3 is 2.70 bits per heavy atom. The Kier molecular flexibility index (Phi) is 6.00. The van der Waals surface area contributed by atoms with Crippen LogP contribution in [-0.2, 0) is 17.8 Å². The van der Waals surface area contributed by atoms with E-state index < -0.39 is 0 Å². The van der Waals surface area contributed by atoms with Crippen LogP contribution < -0.4 is 10.6 Å². The third kappa shape index (κ3) is 4.86. The largest absolute Gasteiger partial charge is 0.348 e. The van der Waals surface area contributed by atoms with Crippen molar-refractivity contribution in [3.8, 4) is 21.8 Å². The SMILES string of the molecule is O=C1CCCc2cc(C(=O)NCc3cccc(-c4nc(-c5ccccc5)cs4)c3)ccc2N1. The molecule has 164 valence electrons. The third-order valence-electron chi connectivity index (χ3n) is 5.69. The summed E-state index contributed by atoms with van der Waals surface area (Å²) in [6.07, 6.45) is 2.09. The van der Waals surface area contributed by atoms with Crippen LogP contribution in [0.1, 0.15) is 34.3 Å². The second-order valence-electron chi connectivity index (χ2n) is 8.06. The van der Waals surface area contributed by atoms with Crippen LogP contribution in [0.2, 0.25) is 0 Å². The van der Waals surface area contributed by atoms with Crippen molar-refractivity contribution in [3.63, 3.8) is 0 Å². The average molecular weight is 454 g/mol. The fraction of sp³-hybridized carbons (Fsp3) is 0.148. The van der Waals surface area contributed by atoms with Crippen LogP contribution in [0.5, 0.6) is 0 Å². The summed E-state index contributed by atoms with van der Waals surface area (Å²) in [6.45, 7) is 0.428. The minimum absolute atomic E-state index is 0.0296. The number of hydrogen-bond acceptors (Lipinski definition) is 4. The molecule has 0 saturated carbocycles. The molecule has 0 unspecified atom stereocenters. The molecule has 3 aromatic carbocycles. The Balaban J connectivity index is 1.27. The molecule has 0 fully saturated rings. The molecule has 0 atom stereocenters. The molecule has 1 aliphatic heterocycles. The monoisotopic (exact) mass is 453 g/mol. The summed E-state index contributed by atoms with van der Waals surface area (Å²) in [7, 11) is 0. The van der Waals surface area contributed by atoms with Crippen molar-refractivity contribution >= 4 is 28.8 Å². The zero-order valence-corrected chi connectivity index (χ0v) is 18.8. The van der Waals surface area contributed by atoms with E-state index >= 15 is 0 Å². The average Bonchev–Trinajstić information content (AvgIpc) is 3.27. The van der Waals surface area contributed by atoms with Gasteiger partial charge in [-0.2, -0.15) is 0 Å². The zero-order chi connectivity index (χ0) is 22.6. The van der Waals surface area contributed by atoms with E-state index in [4.69, 9.17) is 4.98 Å². The summed E-state index contributed by atoms with van der Waals surface area (Å²) in [4.78, 5) is 29.3. The maximum Gasteiger partial charge on any atom is 0.251 e. The molecule has 33 heavy (non-hydrogen) atoms. The van der Waals surface area contributed by atoms with Crippen molar-refractivity contribution in [2.24, 2.45) is 0 Å². The first-order valence-electron chi connectivity index (χ1n) is 11.0. The molecule has 0 aliphatic carbocycles. The highest BCUT2D eigenvalue weighted by molar-refractivity contribution is 7.13. The number of anilines is 1. The first kappa shape index (κ1) is 21.1. The van der Waals surface area contributed by atoms with Gasteiger partial charge in [-0.05, 0) is 48.2 Å². The number of amides is 2. The van der Waals surface area contributed by atoms with E-state index in [0.717, 1.165) is 51.5 Å². The van der Waals surface area contributed by atoms with E-state index in [1.165, 1.54) is 0 Å². The number of thiazole rings is 1. The molecule has 0 saturated heterocycles. The predicted molar refractivity (Wildman–Crippen MR) is 132 cm³/mol. The molecule has 1 aromatic heterocycles. The Hall–Kier alpha value is -3.77. The number of benzene rings is 3. The van der Waals surface area contributed by atoms with Crippen molar-refractivity contribution in [2.75, 3.05) is 5.32 Å². The van der Waals surface area contributed by atoms with E-state index in [1.54, 1.807) is 17.4 Å². The summed E-state index contributed by atoms with van der Waals surface area (Å²) in [6, 6.07) is 23.7. The van der Waals surface area contributed by atoms with E-state index in [0.29, 0.717) is 18.5 Å². The van der Waals surface area contributed by atoms with E-state index in [9.17, 15) is 9.59 Å². The van der Waals surface area contributed by atoms with Crippen molar-refractivity contribution < 1.29 is 9.59 Å². The van der Waals surface area contributed by atoms with E-state index in [1.807, 2.05) is 48.5 Å². The quantitative estimate of drug-likeness (QED) is 0.408. The normalized spacial score (nSPS) is 13.0. The molecule has 2 amide bonds. The summed E-state index contributed by atoms with van der Waals surface area (Å²) in [5, 5.41) is 8.94. The predicted octanol–water partition coefficient (Wildman–Crippen LogP) is 5.68. The van der Waals surface area contributed by atoms with Crippen LogP contribution in [0.15, 0.2) is 78.2 Å². The molecule has 2 heterocycles. The first-order valence-corrected chi connectivity index (χ1v) is 11.8. The Bertz CT molecular complexity index is 1310. The molecule has 2 N–H and O–H groups in total. The summed E-state index contributed by atoms with van der Waals surface area (Å²) < 4.78 is 0. The van der Waals surface area contributed by atoms with Crippen molar-refractivity contribution in [2.45, 2.75) is 25.8 Å². The Morgan fingerprint density at radius 2 is 1.82 bits per heavy atom. The maximum absolute atomic E-state index is 12.8. The van der Waals surface area contributed by atoms with Crippen molar-refractivity contribution in [1.82, 2.24) is 10.3 Å². The molecule has 0 spiro atoms. The van der Waals surface area contributed by atoms with Crippen LogP contribution in [0.3, 0.4) is 0 Å². The van der Waals surface area contributed by atoms with Gasteiger partial charge < -0.3 is 10.6 Å². The summed E-state index contributed by atoms with van der Waals surface area (Å²) >= 11 is 1.61. The van der Waals surface area contributed by atoms with Crippen LogP contribution in [0.4, 0.5) is 5.69 Å². The number of hydrogen-bond donors (Lipinski definition) is 2. The lowest BCUT2D eigenvalue weighted by Crippen LogP contribution is -2.23. The number of aryl methyl sites for hydroxylation is 1. The van der Waals surface area contributed by atoms with E-state index in [2.05, 4.69) is 34.2 Å². The standard InChI is InChI=1S/C27H23N3O2S/c31-25-11-5-9-20-15-21(12-13-23(20)29-25)26(32)28-16-18-6-4-10-22(14-18)27-30-24(17-33-27)19-7-2-1-3-8-19/h1-4,6-8,10,12-15,17H,5,9,11,16H2,(H,28,32)(H,29,31). The molecule has 0 radical (unpaired) electrons. The highest BCUT2D eigenvalue weighted by atomic mass is 32.1. The Labute approximate surface area is 196 Å². The smallest absolute Gasteiger partial charge is 0.251 e. The number of carbonyl (C=O) groups excluding carboxylic acids is 2. The lowest BCUT2D eigenvalue weighted by molar-refractivity contribution is -0.116. The fourth-order valence-electron chi connectivity index (χ4n) is 3.96. The molecule has 1 aliphatic rings. The lowest BCUT2D eigenvalue weighted by atomic mass is 10.0. The van der Waals surface area contributed by atoms with Crippen molar-refractivity contribution in [1.29, 1.82) is 0 Å². The van der Waals surface area contributed by atoms with Gasteiger partial charge in [-0.25, -0.2) is 4.98 Å². The number of nitrogens with one attached hydrogen (secondary N) is 2. The topological polar surface area (TPSA) is 71.1 Å². The molecule has 4 aromatic rings. The van der Waals surface area contributed by atoms with E-state index in [-0.39, 0.29) is 11.8 Å². The minimum Gasteiger partial charge on any atom is -0.348 e. The molecular weight excluding hydrogens is 430 g/mol. The highest BCUT2D eigenvalue weighted by Gasteiger charge is 2.15. The van der Waals surface area contributed by atoms with Gasteiger partial charge in [-0.15, -0.1) is 11.3 Å². The van der Waals surface area contributed by atoms with Gasteiger partial charge in [-0.1, -0.05) is 48.5 Å². The first-order chi connectivity index (χ1) is 16.2. The molecular formula is C27H23N3O2S. The second kappa shape index (κ2) is 9.38. The van der Waals surface area contributed by atoms with Gasteiger partial charge in [0.15, 0.2) is 0 Å². The molecule has 0 bridgehead atoms. The van der Waals surface area contributed by atoms with Gasteiger partial charge in [0.1, 0.15) is 5.01 Å². The number of fused-ring (bicyclic) bond motifs is 1. The minimum atomic E-state index is -0.126. The molecule has 6 heteroatoms. The van der Waals surface area contributed by atoms with Gasteiger partial charge in [0, 0.05) is 40.7 Å². The van der Waals surface area contributed by atoms with Crippen LogP contribution in [0.25, 0.3) is 21.8 Å². The Morgan fingerprint density at radius 1 is 0.970 bits per heavy atom. The number of aromatic nitrogens is 1. The van der Waals surface area contributed by atoms with Crippen LogP contribution in [0, 0.1) is 0 Å². The second-order valence-corrected chi connectivity index (χ2v) is 8.92. The maximum atomic E-state index is 12.8. The number of rotatable bonds is 5. The number of carbonyl (C=O) groups is 2. The van der Waals surface area contributed by atoms with Crippen LogP contribution >= 0.6 is 11.3 Å². The summed E-state index contributed by atoms with van der Waals surface area (Å²) in [5.74, 6) is -0.0960. The zero-order valence-electron chi connectivity index (χ0n) is 18.0. The summed E-state index contributed by atoms with van der Waals surface area (Å²) in [5.41, 5.74) is 6.54. The van der Waals surface area contributed by atoms with Gasteiger partial charge in [-0.3, -0.25) is 9.59 Å². The fourth-order valence-corrected chi connectivity index (χ4v) is 4.79. The van der Waals surface area contributed by atoms with Gasteiger partial charge in [0.25, 0.3) is 5.91 Å². The number of nitrogens with zero attached hydrogens (tertiary/aromatic N) is 1. The van der Waals surface area contributed by atoms with Gasteiger partial charge >= 0.3 is 0 Å². The molecule has 5 nitrogen and oxygen atoms in total. The highest BCUT2D eigenvalue weighted by Crippen LogP contribution is 2.29. The lowest BCUT2D eigenvalue weighted by Gasteiger charge is -2.10. The third-order valence-corrected chi connectivity index (χ3v) is 6.58. The van der Waals surface area contributed by atoms with Crippen molar-refractivity contribution in [3.05, 3.63) is 94.9 Å². The van der Waals surface area contributed by atoms with Gasteiger partial charge in [0.2, 0.25) is 5.91 Å². The van der Waals surface area contributed by atoms with Crippen LogP contribution in [-0.4, -0.2) is 16.8 Å². The molecule has 5 rings (SSSR count).